The van der Waals surface area contributed by atoms with Gasteiger partial charge in [0.25, 0.3) is 0 Å². The number of pyridine rings is 1. The van der Waals surface area contributed by atoms with Crippen molar-refractivity contribution in [1.82, 2.24) is 10.3 Å². The minimum atomic E-state index is 0.370. The third-order valence-electron chi connectivity index (χ3n) is 4.28. The molecule has 1 heterocycles. The van der Waals surface area contributed by atoms with Crippen LogP contribution in [0.4, 0.5) is 0 Å². The van der Waals surface area contributed by atoms with Crippen LogP contribution in [-0.4, -0.2) is 11.0 Å². The van der Waals surface area contributed by atoms with Crippen LogP contribution < -0.4 is 5.32 Å². The van der Waals surface area contributed by atoms with Gasteiger partial charge in [-0.05, 0) is 44.2 Å². The number of hydrogen-bond donors (Lipinski definition) is 1. The van der Waals surface area contributed by atoms with Crippen molar-refractivity contribution in [2.24, 2.45) is 5.92 Å². The van der Waals surface area contributed by atoms with Crippen LogP contribution in [0.5, 0.6) is 0 Å². The van der Waals surface area contributed by atoms with Gasteiger partial charge in [0.15, 0.2) is 0 Å². The van der Waals surface area contributed by atoms with E-state index in [1.807, 2.05) is 12.3 Å². The number of nitrogens with one attached hydrogen (secondary N) is 1. The summed E-state index contributed by atoms with van der Waals surface area (Å²) in [6.07, 6.45) is 10.1. The molecule has 2 nitrogen and oxygen atoms in total. The molecule has 1 fully saturated rings. The van der Waals surface area contributed by atoms with Crippen molar-refractivity contribution in [3.63, 3.8) is 0 Å². The zero-order valence-electron chi connectivity index (χ0n) is 11.7. The van der Waals surface area contributed by atoms with Gasteiger partial charge in [-0.3, -0.25) is 4.98 Å². The molecule has 1 aliphatic rings. The van der Waals surface area contributed by atoms with Crippen LogP contribution >= 0.6 is 0 Å². The molecule has 0 radical (unpaired) electrons. The molecule has 100 valence electrons. The summed E-state index contributed by atoms with van der Waals surface area (Å²) in [5.74, 6) is 0.960. The summed E-state index contributed by atoms with van der Waals surface area (Å²) >= 11 is 0. The van der Waals surface area contributed by atoms with Gasteiger partial charge < -0.3 is 5.32 Å². The first-order chi connectivity index (χ1) is 8.79. The minimum absolute atomic E-state index is 0.370. The molecular weight excluding hydrogens is 220 g/mol. The quantitative estimate of drug-likeness (QED) is 0.809. The van der Waals surface area contributed by atoms with Crippen molar-refractivity contribution in [1.29, 1.82) is 0 Å². The fourth-order valence-electron chi connectivity index (χ4n) is 3.02. The highest BCUT2D eigenvalue weighted by Crippen LogP contribution is 2.26. The molecule has 0 aliphatic heterocycles. The van der Waals surface area contributed by atoms with E-state index in [9.17, 15) is 0 Å². The SMILES string of the molecule is CCC1CCCC(N[C@@H](C)c2ccccn2)CC1. The zero-order valence-corrected chi connectivity index (χ0v) is 11.7. The first-order valence-electron chi connectivity index (χ1n) is 7.46. The third-order valence-corrected chi connectivity index (χ3v) is 4.28. The van der Waals surface area contributed by atoms with Gasteiger partial charge in [0.1, 0.15) is 0 Å². The van der Waals surface area contributed by atoms with Gasteiger partial charge in [-0.25, -0.2) is 0 Å². The molecule has 1 saturated carbocycles. The van der Waals surface area contributed by atoms with E-state index in [0.717, 1.165) is 11.6 Å². The highest BCUT2D eigenvalue weighted by molar-refractivity contribution is 5.07. The Morgan fingerprint density at radius 2 is 2.17 bits per heavy atom. The maximum absolute atomic E-state index is 4.44. The number of nitrogens with zero attached hydrogens (tertiary/aromatic N) is 1. The molecule has 18 heavy (non-hydrogen) atoms. The summed E-state index contributed by atoms with van der Waals surface area (Å²) in [5.41, 5.74) is 1.16. The van der Waals surface area contributed by atoms with Crippen molar-refractivity contribution >= 4 is 0 Å². The predicted octanol–water partition coefficient (Wildman–Crippen LogP) is 4.09. The average molecular weight is 246 g/mol. The molecule has 2 rings (SSSR count). The fourth-order valence-corrected chi connectivity index (χ4v) is 3.02. The van der Waals surface area contributed by atoms with Gasteiger partial charge in [-0.15, -0.1) is 0 Å². The third kappa shape index (κ3) is 3.81. The average Bonchev–Trinajstić information content (AvgIpc) is 2.65. The Hall–Kier alpha value is -0.890. The van der Waals surface area contributed by atoms with Gasteiger partial charge in [0.2, 0.25) is 0 Å². The van der Waals surface area contributed by atoms with Crippen molar-refractivity contribution in [2.45, 2.75) is 64.5 Å². The standard InChI is InChI=1S/C16H26N2/c1-3-14-7-6-8-15(11-10-14)18-13(2)16-9-4-5-12-17-16/h4-5,9,12-15,18H,3,6-8,10-11H2,1-2H3/t13-,14?,15?/m0/s1. The molecule has 1 aromatic heterocycles. The summed E-state index contributed by atoms with van der Waals surface area (Å²) in [7, 11) is 0. The molecule has 2 unspecified atom stereocenters. The second kappa shape index (κ2) is 6.89. The molecule has 1 aromatic rings. The minimum Gasteiger partial charge on any atom is -0.306 e. The van der Waals surface area contributed by atoms with Crippen LogP contribution in [-0.2, 0) is 0 Å². The van der Waals surface area contributed by atoms with E-state index in [4.69, 9.17) is 0 Å². The molecule has 0 aromatic carbocycles. The summed E-state index contributed by atoms with van der Waals surface area (Å²) < 4.78 is 0. The van der Waals surface area contributed by atoms with E-state index in [2.05, 4.69) is 36.3 Å². The Morgan fingerprint density at radius 1 is 1.28 bits per heavy atom. The topological polar surface area (TPSA) is 24.9 Å². The van der Waals surface area contributed by atoms with Crippen LogP contribution in [0, 0.1) is 5.92 Å². The van der Waals surface area contributed by atoms with Crippen LogP contribution in [0.3, 0.4) is 0 Å². The highest BCUT2D eigenvalue weighted by atomic mass is 15.0. The Kier molecular flexibility index (Phi) is 5.18. The second-order valence-corrected chi connectivity index (χ2v) is 5.62. The highest BCUT2D eigenvalue weighted by Gasteiger charge is 2.19. The molecule has 0 bridgehead atoms. The Morgan fingerprint density at radius 3 is 2.89 bits per heavy atom. The van der Waals surface area contributed by atoms with Gasteiger partial charge >= 0.3 is 0 Å². The van der Waals surface area contributed by atoms with Crippen LogP contribution in [0.1, 0.15) is 64.1 Å². The Labute approximate surface area is 111 Å². The van der Waals surface area contributed by atoms with Crippen LogP contribution in [0.15, 0.2) is 24.4 Å². The van der Waals surface area contributed by atoms with Crippen molar-refractivity contribution in [3.8, 4) is 0 Å². The molecule has 3 atom stereocenters. The van der Waals surface area contributed by atoms with Crippen molar-refractivity contribution < 1.29 is 0 Å². The summed E-state index contributed by atoms with van der Waals surface area (Å²) in [6, 6.07) is 7.21. The maximum Gasteiger partial charge on any atom is 0.0570 e. The first kappa shape index (κ1) is 13.5. The number of aromatic nitrogens is 1. The van der Waals surface area contributed by atoms with Gasteiger partial charge in [-0.1, -0.05) is 32.3 Å². The van der Waals surface area contributed by atoms with Crippen LogP contribution in [0.2, 0.25) is 0 Å². The van der Waals surface area contributed by atoms with E-state index >= 15 is 0 Å². The second-order valence-electron chi connectivity index (χ2n) is 5.62. The van der Waals surface area contributed by atoms with E-state index in [1.165, 1.54) is 38.5 Å². The predicted molar refractivity (Wildman–Crippen MR) is 76.4 cm³/mol. The van der Waals surface area contributed by atoms with E-state index in [0.29, 0.717) is 12.1 Å². The largest absolute Gasteiger partial charge is 0.306 e. The molecule has 1 N–H and O–H groups in total. The Bertz CT molecular complexity index is 336. The molecule has 1 aliphatic carbocycles. The maximum atomic E-state index is 4.44. The normalized spacial score (nSPS) is 26.6. The summed E-state index contributed by atoms with van der Waals surface area (Å²) in [4.78, 5) is 4.44. The summed E-state index contributed by atoms with van der Waals surface area (Å²) in [5, 5.41) is 3.76. The molecular formula is C16H26N2. The molecule has 0 spiro atoms. The lowest BCUT2D eigenvalue weighted by atomic mass is 9.97. The number of hydrogen-bond acceptors (Lipinski definition) is 2. The van der Waals surface area contributed by atoms with Crippen LogP contribution in [0.25, 0.3) is 0 Å². The van der Waals surface area contributed by atoms with Gasteiger partial charge in [-0.2, -0.15) is 0 Å². The summed E-state index contributed by atoms with van der Waals surface area (Å²) in [6.45, 7) is 4.56. The molecule has 0 saturated heterocycles. The van der Waals surface area contributed by atoms with Gasteiger partial charge in [0, 0.05) is 18.3 Å². The lowest BCUT2D eigenvalue weighted by Gasteiger charge is -2.21. The van der Waals surface area contributed by atoms with Crippen molar-refractivity contribution in [2.75, 3.05) is 0 Å². The lowest BCUT2D eigenvalue weighted by Crippen LogP contribution is -2.31. The molecule has 0 amide bonds. The zero-order chi connectivity index (χ0) is 12.8. The van der Waals surface area contributed by atoms with E-state index in [1.54, 1.807) is 0 Å². The lowest BCUT2D eigenvalue weighted by molar-refractivity contribution is 0.396. The first-order valence-corrected chi connectivity index (χ1v) is 7.46. The molecule has 2 heteroatoms. The fraction of sp³-hybridized carbons (Fsp3) is 0.688. The van der Waals surface area contributed by atoms with Gasteiger partial charge in [0.05, 0.1) is 5.69 Å². The Balaban J connectivity index is 1.86. The van der Waals surface area contributed by atoms with E-state index < -0.39 is 0 Å². The number of rotatable bonds is 4. The monoisotopic (exact) mass is 246 g/mol. The van der Waals surface area contributed by atoms with E-state index in [-0.39, 0.29) is 0 Å². The van der Waals surface area contributed by atoms with Crippen molar-refractivity contribution in [3.05, 3.63) is 30.1 Å². The smallest absolute Gasteiger partial charge is 0.0570 e.